The summed E-state index contributed by atoms with van der Waals surface area (Å²) < 4.78 is 33.1. The van der Waals surface area contributed by atoms with Gasteiger partial charge < -0.3 is 10.1 Å². The van der Waals surface area contributed by atoms with E-state index in [4.69, 9.17) is 4.74 Å². The van der Waals surface area contributed by atoms with Gasteiger partial charge in [0.05, 0.1) is 11.1 Å². The van der Waals surface area contributed by atoms with Gasteiger partial charge in [-0.25, -0.2) is 17.5 Å². The third-order valence-corrected chi connectivity index (χ3v) is 7.26. The van der Waals surface area contributed by atoms with E-state index in [1.54, 1.807) is 106 Å². The number of ether oxygens (including phenoxy) is 1. The predicted octanol–water partition coefficient (Wildman–Crippen LogP) is 4.66. The zero-order chi connectivity index (χ0) is 24.5. The largest absolute Gasteiger partial charge is 0.423 e. The molecule has 0 saturated carbocycles. The van der Waals surface area contributed by atoms with Crippen LogP contribution >= 0.6 is 0 Å². The van der Waals surface area contributed by atoms with Crippen molar-refractivity contribution in [2.75, 3.05) is 5.32 Å². The number of sulfonamides is 1. The molecule has 34 heavy (non-hydrogen) atoms. The fourth-order valence-electron chi connectivity index (χ4n) is 3.68. The van der Waals surface area contributed by atoms with E-state index in [1.165, 1.54) is 0 Å². The van der Waals surface area contributed by atoms with Gasteiger partial charge in [0, 0.05) is 5.69 Å². The minimum atomic E-state index is -4.08. The molecule has 1 aliphatic rings. The summed E-state index contributed by atoms with van der Waals surface area (Å²) in [5.41, 5.74) is 0.330. The van der Waals surface area contributed by atoms with Crippen molar-refractivity contribution in [3.05, 3.63) is 102 Å². The fourth-order valence-corrected chi connectivity index (χ4v) is 5.72. The lowest BCUT2D eigenvalue weighted by atomic mass is 10.1. The van der Waals surface area contributed by atoms with Crippen molar-refractivity contribution < 1.29 is 22.7 Å². The quantitative estimate of drug-likeness (QED) is 0.425. The number of nitrogens with zero attached hydrogens (tertiary/aromatic N) is 1. The van der Waals surface area contributed by atoms with E-state index in [0.29, 0.717) is 22.6 Å². The monoisotopic (exact) mass is 476 g/mol. The molecule has 0 radical (unpaired) electrons. The molecule has 1 amide bonds. The number of nitrogens with one attached hydrogen (secondary N) is 1. The van der Waals surface area contributed by atoms with Gasteiger partial charge in [0.25, 0.3) is 15.9 Å². The molecular formula is C26H24N2O5S. The van der Waals surface area contributed by atoms with Gasteiger partial charge in [0.2, 0.25) is 0 Å². The minimum Gasteiger partial charge on any atom is -0.423 e. The van der Waals surface area contributed by atoms with Crippen LogP contribution in [0.15, 0.2) is 90.6 Å². The maximum atomic E-state index is 13.4. The molecule has 1 N–H and O–H groups in total. The molecule has 4 rings (SSSR count). The average molecular weight is 477 g/mol. The zero-order valence-corrected chi connectivity index (χ0v) is 19.8. The van der Waals surface area contributed by atoms with Gasteiger partial charge in [-0.2, -0.15) is 0 Å². The lowest BCUT2D eigenvalue weighted by Gasteiger charge is -2.30. The Morgan fingerprint density at radius 1 is 0.853 bits per heavy atom. The maximum absolute atomic E-state index is 13.4. The second-order valence-electron chi connectivity index (χ2n) is 8.72. The number of carbonyl (C=O) groups excluding carboxylic acids is 2. The van der Waals surface area contributed by atoms with Crippen LogP contribution in [0.3, 0.4) is 0 Å². The minimum absolute atomic E-state index is 0.0323. The number of amides is 1. The van der Waals surface area contributed by atoms with Gasteiger partial charge in [-0.3, -0.25) is 4.79 Å². The van der Waals surface area contributed by atoms with Gasteiger partial charge in [-0.05, 0) is 62.7 Å². The third kappa shape index (κ3) is 4.45. The molecule has 0 fully saturated rings. The van der Waals surface area contributed by atoms with Crippen molar-refractivity contribution in [2.24, 2.45) is 0 Å². The first kappa shape index (κ1) is 23.3. The number of anilines is 1. The lowest BCUT2D eigenvalue weighted by Crippen LogP contribution is -2.46. The van der Waals surface area contributed by atoms with Crippen molar-refractivity contribution in [1.29, 1.82) is 0 Å². The summed E-state index contributed by atoms with van der Waals surface area (Å²) in [4.78, 5) is 25.5. The van der Waals surface area contributed by atoms with Crippen LogP contribution in [0, 0.1) is 0 Å². The highest BCUT2D eigenvalue weighted by molar-refractivity contribution is 7.99. The molecule has 1 aliphatic heterocycles. The van der Waals surface area contributed by atoms with Crippen molar-refractivity contribution in [3.63, 3.8) is 0 Å². The van der Waals surface area contributed by atoms with Gasteiger partial charge in [-0.15, -0.1) is 0 Å². The van der Waals surface area contributed by atoms with Crippen LogP contribution in [0.1, 0.15) is 36.7 Å². The summed E-state index contributed by atoms with van der Waals surface area (Å²) in [6.45, 7) is 5.01. The van der Waals surface area contributed by atoms with Gasteiger partial charge in [-0.1, -0.05) is 48.5 Å². The topological polar surface area (TPSA) is 92.8 Å². The van der Waals surface area contributed by atoms with Crippen LogP contribution in [0.5, 0.6) is 5.75 Å². The molecule has 7 nitrogen and oxygen atoms in total. The van der Waals surface area contributed by atoms with Crippen molar-refractivity contribution in [2.45, 2.75) is 26.3 Å². The fraction of sp³-hybridized carbons (Fsp3) is 0.154. The molecule has 0 spiro atoms. The summed E-state index contributed by atoms with van der Waals surface area (Å²) in [6.07, 6.45) is 0. The summed E-state index contributed by atoms with van der Waals surface area (Å²) in [5.74, 6) is -0.808. The van der Waals surface area contributed by atoms with Crippen molar-refractivity contribution in [3.8, 4) is 5.75 Å². The Kier molecular flexibility index (Phi) is 6.01. The lowest BCUT2D eigenvalue weighted by molar-refractivity contribution is -0.124. The standard InChI is InChI=1S/C26H24N2O5S/c1-26(2,3)28-24(29)22(23(34(28,31)32)18-10-6-4-7-11-18)27-20-14-16-21(17-15-20)33-25(30)19-12-8-5-9-13-19/h4-17,27H,1-3H3. The molecule has 1 heterocycles. The van der Waals surface area contributed by atoms with Gasteiger partial charge >= 0.3 is 5.97 Å². The van der Waals surface area contributed by atoms with E-state index < -0.39 is 27.4 Å². The van der Waals surface area contributed by atoms with E-state index in [2.05, 4.69) is 5.32 Å². The number of hydrogen-bond acceptors (Lipinski definition) is 6. The van der Waals surface area contributed by atoms with Crippen molar-refractivity contribution in [1.82, 2.24) is 4.31 Å². The highest BCUT2D eigenvalue weighted by Crippen LogP contribution is 2.40. The number of rotatable bonds is 5. The molecule has 174 valence electrons. The van der Waals surface area contributed by atoms with Crippen LogP contribution < -0.4 is 10.1 Å². The number of carbonyl (C=O) groups is 2. The summed E-state index contributed by atoms with van der Waals surface area (Å²) >= 11 is 0. The SMILES string of the molecule is CC(C)(C)N1C(=O)C(Nc2ccc(OC(=O)c3ccccc3)cc2)=C(c2ccccc2)S1(=O)=O. The molecular weight excluding hydrogens is 452 g/mol. The van der Waals surface area contributed by atoms with Crippen LogP contribution in [0.2, 0.25) is 0 Å². The Balaban J connectivity index is 1.65. The van der Waals surface area contributed by atoms with Crippen LogP contribution in [0.4, 0.5) is 5.69 Å². The molecule has 3 aromatic carbocycles. The van der Waals surface area contributed by atoms with Crippen molar-refractivity contribution >= 4 is 32.5 Å². The normalized spacial score (nSPS) is 15.4. The van der Waals surface area contributed by atoms with E-state index in [1.807, 2.05) is 0 Å². The first-order valence-electron chi connectivity index (χ1n) is 10.6. The van der Waals surface area contributed by atoms with Gasteiger partial charge in [0.15, 0.2) is 0 Å². The summed E-state index contributed by atoms with van der Waals surface area (Å²) in [6, 6.07) is 23.5. The van der Waals surface area contributed by atoms with Crippen LogP contribution in [0.25, 0.3) is 4.91 Å². The van der Waals surface area contributed by atoms with Crippen LogP contribution in [-0.2, 0) is 14.8 Å². The molecule has 3 aromatic rings. The highest BCUT2D eigenvalue weighted by Gasteiger charge is 2.49. The molecule has 0 saturated heterocycles. The molecule has 0 unspecified atom stereocenters. The Hall–Kier alpha value is -3.91. The second kappa shape index (κ2) is 8.79. The van der Waals surface area contributed by atoms with Gasteiger partial charge in [0.1, 0.15) is 16.4 Å². The van der Waals surface area contributed by atoms with E-state index in [9.17, 15) is 18.0 Å². The number of esters is 1. The Morgan fingerprint density at radius 2 is 1.41 bits per heavy atom. The highest BCUT2D eigenvalue weighted by atomic mass is 32.2. The molecule has 8 heteroatoms. The number of benzene rings is 3. The molecule has 0 aromatic heterocycles. The van der Waals surface area contributed by atoms with E-state index in [0.717, 1.165) is 4.31 Å². The average Bonchev–Trinajstić information content (AvgIpc) is 3.00. The Bertz CT molecular complexity index is 1360. The summed E-state index contributed by atoms with van der Waals surface area (Å²) in [5, 5.41) is 2.98. The Labute approximate surface area is 198 Å². The van der Waals surface area contributed by atoms with E-state index in [-0.39, 0.29) is 10.6 Å². The van der Waals surface area contributed by atoms with Crippen LogP contribution in [-0.4, -0.2) is 30.1 Å². The zero-order valence-electron chi connectivity index (χ0n) is 19.0. The second-order valence-corrected chi connectivity index (χ2v) is 10.4. The molecule has 0 bridgehead atoms. The summed E-state index contributed by atoms with van der Waals surface area (Å²) in [7, 11) is -4.08. The van der Waals surface area contributed by atoms with E-state index >= 15 is 0 Å². The third-order valence-electron chi connectivity index (χ3n) is 5.11. The molecule has 0 atom stereocenters. The number of hydrogen-bond donors (Lipinski definition) is 1. The maximum Gasteiger partial charge on any atom is 0.343 e. The first-order chi connectivity index (χ1) is 16.1. The first-order valence-corrected chi connectivity index (χ1v) is 12.1. The predicted molar refractivity (Wildman–Crippen MR) is 130 cm³/mol. The smallest absolute Gasteiger partial charge is 0.343 e. The molecule has 0 aliphatic carbocycles. The Morgan fingerprint density at radius 3 is 1.97 bits per heavy atom.